The van der Waals surface area contributed by atoms with Crippen molar-refractivity contribution in [2.45, 2.75) is 24.3 Å². The fraction of sp³-hybridized carbons (Fsp3) is 0.444. The van der Waals surface area contributed by atoms with Gasteiger partial charge in [0, 0.05) is 31.9 Å². The van der Waals surface area contributed by atoms with Crippen molar-refractivity contribution in [2.75, 3.05) is 25.4 Å². The summed E-state index contributed by atoms with van der Waals surface area (Å²) in [5.74, 6) is -0.705. The van der Waals surface area contributed by atoms with E-state index in [0.717, 1.165) is 6.07 Å². The molecule has 0 aliphatic heterocycles. The van der Waals surface area contributed by atoms with Crippen LogP contribution in [-0.2, 0) is 22.5 Å². The Hall–Kier alpha value is -1.73. The molecule has 0 aliphatic rings. The maximum Gasteiger partial charge on any atom is 0.191 e. The lowest BCUT2D eigenvalue weighted by Gasteiger charge is -2.20. The van der Waals surface area contributed by atoms with Crippen molar-refractivity contribution in [1.82, 2.24) is 20.4 Å². The van der Waals surface area contributed by atoms with E-state index in [0.29, 0.717) is 18.1 Å². The molecule has 1 unspecified atom stereocenters. The molecular weight excluding hydrogens is 512 g/mol. The lowest BCUT2D eigenvalue weighted by molar-refractivity contribution is 0.0672. The number of benzene rings is 1. The van der Waals surface area contributed by atoms with Gasteiger partial charge in [-0.3, -0.25) is 4.68 Å². The van der Waals surface area contributed by atoms with Gasteiger partial charge in [0.25, 0.3) is 0 Å². The monoisotopic (exact) mass is 539 g/mol. The zero-order valence-electron chi connectivity index (χ0n) is 16.6. The first-order valence-corrected chi connectivity index (χ1v) is 10.5. The Labute approximate surface area is 187 Å². The molecule has 8 nitrogen and oxygen atoms in total. The molecule has 0 saturated carbocycles. The van der Waals surface area contributed by atoms with Gasteiger partial charge in [0.2, 0.25) is 0 Å². The van der Waals surface area contributed by atoms with E-state index in [-0.39, 0.29) is 47.7 Å². The molecule has 0 saturated heterocycles. The van der Waals surface area contributed by atoms with Gasteiger partial charge in [0.15, 0.2) is 15.8 Å². The fourth-order valence-electron chi connectivity index (χ4n) is 2.48. The van der Waals surface area contributed by atoms with Crippen molar-refractivity contribution in [2.24, 2.45) is 12.0 Å². The number of hydrogen-bond donors (Lipinski definition) is 3. The normalized spacial score (nSPS) is 14.0. The van der Waals surface area contributed by atoms with E-state index in [9.17, 15) is 17.9 Å². The summed E-state index contributed by atoms with van der Waals surface area (Å²) in [6.45, 7) is 4.14. The van der Waals surface area contributed by atoms with Crippen LogP contribution in [0.25, 0.3) is 0 Å². The molecule has 0 bridgehead atoms. The van der Waals surface area contributed by atoms with E-state index in [1.165, 1.54) is 18.2 Å². The summed E-state index contributed by atoms with van der Waals surface area (Å²) in [4.78, 5) is 4.00. The molecule has 3 N–H and O–H groups in total. The van der Waals surface area contributed by atoms with Crippen molar-refractivity contribution < 1.29 is 17.9 Å². The molecule has 2 rings (SSSR count). The molecule has 0 spiro atoms. The van der Waals surface area contributed by atoms with Crippen LogP contribution >= 0.6 is 24.0 Å². The summed E-state index contributed by atoms with van der Waals surface area (Å²) in [6.07, 6.45) is 3.27. The summed E-state index contributed by atoms with van der Waals surface area (Å²) in [5, 5.41) is 20.5. The summed E-state index contributed by atoms with van der Waals surface area (Å²) < 4.78 is 39.9. The average molecular weight is 539 g/mol. The van der Waals surface area contributed by atoms with Crippen molar-refractivity contribution in [3.8, 4) is 0 Å². The Morgan fingerprint density at radius 1 is 1.34 bits per heavy atom. The van der Waals surface area contributed by atoms with Crippen molar-refractivity contribution in [3.63, 3.8) is 0 Å². The number of aliphatic hydroxyl groups is 1. The Morgan fingerprint density at radius 2 is 2.03 bits per heavy atom. The van der Waals surface area contributed by atoms with Crippen LogP contribution in [0.3, 0.4) is 0 Å². The number of nitrogens with zero attached hydrogens (tertiary/aromatic N) is 3. The molecule has 2 aromatic rings. The largest absolute Gasteiger partial charge is 0.383 e. The minimum absolute atomic E-state index is 0. The fourth-order valence-corrected chi connectivity index (χ4v) is 3.72. The summed E-state index contributed by atoms with van der Waals surface area (Å²) in [5.41, 5.74) is -0.604. The number of sulfone groups is 1. The molecule has 11 heteroatoms. The highest BCUT2D eigenvalue weighted by molar-refractivity contribution is 14.0. The molecule has 1 heterocycles. The van der Waals surface area contributed by atoms with Crippen molar-refractivity contribution >= 4 is 39.8 Å². The lowest BCUT2D eigenvalue weighted by atomic mass is 10.0. The van der Waals surface area contributed by atoms with E-state index in [2.05, 4.69) is 20.7 Å². The second-order valence-electron chi connectivity index (χ2n) is 6.55. The molecule has 29 heavy (non-hydrogen) atoms. The van der Waals surface area contributed by atoms with Gasteiger partial charge in [0.05, 0.1) is 18.5 Å². The second kappa shape index (κ2) is 10.9. The van der Waals surface area contributed by atoms with Crippen LogP contribution in [0.4, 0.5) is 4.39 Å². The molecule has 0 aliphatic carbocycles. The van der Waals surface area contributed by atoms with Crippen LogP contribution in [0.2, 0.25) is 0 Å². The van der Waals surface area contributed by atoms with Gasteiger partial charge in [-0.25, -0.2) is 17.8 Å². The van der Waals surface area contributed by atoms with Crippen LogP contribution < -0.4 is 10.6 Å². The number of aryl methyl sites for hydroxylation is 1. The van der Waals surface area contributed by atoms with Gasteiger partial charge in [-0.15, -0.1) is 24.0 Å². The Bertz CT molecular complexity index is 931. The number of aromatic nitrogens is 2. The van der Waals surface area contributed by atoms with Gasteiger partial charge in [-0.1, -0.05) is 12.1 Å². The first kappa shape index (κ1) is 25.3. The molecule has 162 valence electrons. The quantitative estimate of drug-likeness (QED) is 0.266. The van der Waals surface area contributed by atoms with Gasteiger partial charge in [-0.05, 0) is 26.0 Å². The van der Waals surface area contributed by atoms with E-state index >= 15 is 0 Å². The molecule has 0 amide bonds. The van der Waals surface area contributed by atoms with Gasteiger partial charge >= 0.3 is 0 Å². The van der Waals surface area contributed by atoms with Crippen LogP contribution in [0.5, 0.6) is 0 Å². The zero-order chi connectivity index (χ0) is 20.8. The standard InChI is InChI=1S/C18H26FN5O3S.HI/c1-4-20-17(22-13-18(2,25)14-11-23-24(3)12-14)21-9-10-28(26,27)16-8-6-5-7-15(16)19;/h5-8,11-12,25H,4,9-10,13H2,1-3H3,(H2,20,21,22);1H. The highest BCUT2D eigenvalue weighted by Gasteiger charge is 2.25. The Kier molecular flexibility index (Phi) is 9.49. The number of guanidine groups is 1. The number of halogens is 2. The van der Waals surface area contributed by atoms with Gasteiger partial charge in [0.1, 0.15) is 16.3 Å². The number of hydrogen-bond acceptors (Lipinski definition) is 5. The SMILES string of the molecule is CCNC(=NCC(C)(O)c1cnn(C)c1)NCCS(=O)(=O)c1ccccc1F.I. The van der Waals surface area contributed by atoms with E-state index < -0.39 is 21.3 Å². The highest BCUT2D eigenvalue weighted by Crippen LogP contribution is 2.20. The minimum atomic E-state index is -3.77. The molecule has 0 fully saturated rings. The topological polar surface area (TPSA) is 109 Å². The maximum absolute atomic E-state index is 13.7. The smallest absolute Gasteiger partial charge is 0.191 e. The van der Waals surface area contributed by atoms with E-state index in [1.807, 2.05) is 6.92 Å². The summed E-state index contributed by atoms with van der Waals surface area (Å²) in [6, 6.07) is 5.29. The predicted molar refractivity (Wildman–Crippen MR) is 121 cm³/mol. The predicted octanol–water partition coefficient (Wildman–Crippen LogP) is 1.41. The van der Waals surface area contributed by atoms with Crippen LogP contribution in [0, 0.1) is 5.82 Å². The molecule has 1 aromatic heterocycles. The van der Waals surface area contributed by atoms with Gasteiger partial charge in [-0.2, -0.15) is 5.10 Å². The molecule has 1 atom stereocenters. The zero-order valence-corrected chi connectivity index (χ0v) is 19.7. The third-order valence-corrected chi connectivity index (χ3v) is 5.79. The minimum Gasteiger partial charge on any atom is -0.383 e. The van der Waals surface area contributed by atoms with Crippen LogP contribution in [0.15, 0.2) is 46.5 Å². The number of aliphatic imine (C=N–C) groups is 1. The van der Waals surface area contributed by atoms with Crippen molar-refractivity contribution in [3.05, 3.63) is 48.0 Å². The Morgan fingerprint density at radius 3 is 2.62 bits per heavy atom. The van der Waals surface area contributed by atoms with Crippen molar-refractivity contribution in [1.29, 1.82) is 0 Å². The third-order valence-electron chi connectivity index (χ3n) is 4.05. The number of nitrogens with one attached hydrogen (secondary N) is 2. The van der Waals surface area contributed by atoms with E-state index in [1.54, 1.807) is 31.0 Å². The van der Waals surface area contributed by atoms with Gasteiger partial charge < -0.3 is 15.7 Å². The lowest BCUT2D eigenvalue weighted by Crippen LogP contribution is -2.40. The highest BCUT2D eigenvalue weighted by atomic mass is 127. The first-order valence-electron chi connectivity index (χ1n) is 8.86. The Balaban J connectivity index is 0.00000420. The summed E-state index contributed by atoms with van der Waals surface area (Å²) in [7, 11) is -2.01. The third kappa shape index (κ3) is 7.23. The summed E-state index contributed by atoms with van der Waals surface area (Å²) >= 11 is 0. The second-order valence-corrected chi connectivity index (χ2v) is 8.63. The molecule has 1 aromatic carbocycles. The van der Waals surface area contributed by atoms with E-state index in [4.69, 9.17) is 0 Å². The van der Waals surface area contributed by atoms with Crippen LogP contribution in [0.1, 0.15) is 19.4 Å². The number of rotatable bonds is 8. The molecule has 0 radical (unpaired) electrons. The van der Waals surface area contributed by atoms with Crippen LogP contribution in [-0.4, -0.2) is 54.7 Å². The average Bonchev–Trinajstić information content (AvgIpc) is 3.07. The first-order chi connectivity index (χ1) is 13.2. The maximum atomic E-state index is 13.7. The molecular formula is C18H27FIN5O3S.